The minimum atomic E-state index is -1.70. The van der Waals surface area contributed by atoms with Gasteiger partial charge in [-0.05, 0) is 14.1 Å². The second kappa shape index (κ2) is 5.77. The van der Waals surface area contributed by atoms with Gasteiger partial charge in [-0.2, -0.15) is 5.10 Å². The fraction of sp³-hybridized carbons (Fsp3) is 0.769. The Kier molecular flexibility index (Phi) is 4.98. The largest absolute Gasteiger partial charge is 0.327 e. The summed E-state index contributed by atoms with van der Waals surface area (Å²) in [6, 6.07) is 0. The molecule has 0 aliphatic rings. The van der Waals surface area contributed by atoms with E-state index in [0.29, 0.717) is 17.3 Å². The molecule has 0 saturated heterocycles. The van der Waals surface area contributed by atoms with Crippen LogP contribution in [0.15, 0.2) is 6.20 Å². The van der Waals surface area contributed by atoms with Crippen molar-refractivity contribution in [1.29, 1.82) is 0 Å². The Balaban J connectivity index is 3.21. The normalized spacial score (nSPS) is 15.8. The minimum Gasteiger partial charge on any atom is -0.327 e. The second-order valence-electron chi connectivity index (χ2n) is 6.12. The van der Waals surface area contributed by atoms with Crippen LogP contribution in [0.4, 0.5) is 4.39 Å². The highest BCUT2D eigenvalue weighted by molar-refractivity contribution is 6.31. The number of rotatable bonds is 5. The molecule has 1 aromatic rings. The summed E-state index contributed by atoms with van der Waals surface area (Å²) in [5.74, 6) is 0. The highest BCUT2D eigenvalue weighted by Crippen LogP contribution is 2.44. The molecular weight excluding hydrogens is 267 g/mol. The molecule has 1 unspecified atom stereocenters. The van der Waals surface area contributed by atoms with Gasteiger partial charge in [0.1, 0.15) is 0 Å². The molecule has 1 atom stereocenters. The summed E-state index contributed by atoms with van der Waals surface area (Å²) in [7, 11) is 3.92. The lowest BCUT2D eigenvalue weighted by Gasteiger charge is -2.37. The molecule has 0 radical (unpaired) electrons. The molecule has 0 amide bonds. The Morgan fingerprint density at radius 2 is 2.00 bits per heavy atom. The van der Waals surface area contributed by atoms with E-state index in [2.05, 4.69) is 5.10 Å². The summed E-state index contributed by atoms with van der Waals surface area (Å²) in [6.07, 6.45) is 1.49. The van der Waals surface area contributed by atoms with Gasteiger partial charge in [-0.15, -0.1) is 0 Å². The number of nitrogens with two attached hydrogens (primary N) is 1. The van der Waals surface area contributed by atoms with Crippen molar-refractivity contribution in [3.05, 3.63) is 16.9 Å². The zero-order chi connectivity index (χ0) is 14.8. The number of hydrogen-bond donors (Lipinski definition) is 1. The molecule has 0 aliphatic heterocycles. The van der Waals surface area contributed by atoms with Crippen LogP contribution in [0, 0.1) is 5.41 Å². The second-order valence-corrected chi connectivity index (χ2v) is 6.53. The van der Waals surface area contributed by atoms with Crippen molar-refractivity contribution in [1.82, 2.24) is 14.7 Å². The molecule has 0 saturated carbocycles. The minimum absolute atomic E-state index is 0.121. The molecule has 19 heavy (non-hydrogen) atoms. The van der Waals surface area contributed by atoms with Crippen molar-refractivity contribution < 1.29 is 4.39 Å². The van der Waals surface area contributed by atoms with Crippen LogP contribution < -0.4 is 5.73 Å². The Bertz CT molecular complexity index is 425. The highest BCUT2D eigenvalue weighted by Gasteiger charge is 2.46. The first kappa shape index (κ1) is 16.4. The average Bonchev–Trinajstić information content (AvgIpc) is 2.65. The third-order valence-corrected chi connectivity index (χ3v) is 3.68. The van der Waals surface area contributed by atoms with Crippen LogP contribution in [-0.2, 0) is 12.2 Å². The highest BCUT2D eigenvalue weighted by atomic mass is 35.5. The van der Waals surface area contributed by atoms with Gasteiger partial charge in [-0.1, -0.05) is 32.4 Å². The first-order valence-corrected chi connectivity index (χ1v) is 6.77. The smallest absolute Gasteiger partial charge is 0.170 e. The molecule has 1 rings (SSSR count). The van der Waals surface area contributed by atoms with Gasteiger partial charge in [0, 0.05) is 18.5 Å². The van der Waals surface area contributed by atoms with Gasteiger partial charge in [0.25, 0.3) is 0 Å². The molecule has 6 heteroatoms. The molecule has 0 aromatic carbocycles. The lowest BCUT2D eigenvalue weighted by Crippen LogP contribution is -2.44. The van der Waals surface area contributed by atoms with Crippen LogP contribution in [0.1, 0.15) is 26.5 Å². The van der Waals surface area contributed by atoms with Crippen molar-refractivity contribution >= 4 is 11.6 Å². The summed E-state index contributed by atoms with van der Waals surface area (Å²) in [6.45, 7) is 6.68. The molecule has 1 aromatic heterocycles. The number of likely N-dealkylation sites (N-methyl/N-ethyl adjacent to an activating group) is 1. The van der Waals surface area contributed by atoms with Crippen LogP contribution >= 0.6 is 11.6 Å². The zero-order valence-electron chi connectivity index (χ0n) is 12.4. The summed E-state index contributed by atoms with van der Waals surface area (Å²) in [5, 5.41) is 4.51. The molecule has 0 bridgehead atoms. The van der Waals surface area contributed by atoms with Gasteiger partial charge >= 0.3 is 0 Å². The lowest BCUT2D eigenvalue weighted by molar-refractivity contribution is 0.0249. The van der Waals surface area contributed by atoms with Gasteiger partial charge in [0.2, 0.25) is 0 Å². The van der Waals surface area contributed by atoms with E-state index in [1.165, 1.54) is 6.20 Å². The zero-order valence-corrected chi connectivity index (χ0v) is 13.1. The van der Waals surface area contributed by atoms with Crippen molar-refractivity contribution in [2.75, 3.05) is 27.2 Å². The molecule has 2 N–H and O–H groups in total. The summed E-state index contributed by atoms with van der Waals surface area (Å²) < 4.78 is 17.0. The van der Waals surface area contributed by atoms with Gasteiger partial charge in [0.15, 0.2) is 5.67 Å². The first-order valence-electron chi connectivity index (χ1n) is 6.39. The Morgan fingerprint density at radius 3 is 2.42 bits per heavy atom. The van der Waals surface area contributed by atoms with Crippen molar-refractivity contribution in [2.24, 2.45) is 11.1 Å². The number of halogens is 2. The predicted molar refractivity (Wildman–Crippen MR) is 77.1 cm³/mol. The van der Waals surface area contributed by atoms with Crippen LogP contribution in [0.2, 0.25) is 5.02 Å². The SMILES string of the molecule is CN(C)CCn1ncc(Cl)c1C(F)(CN)C(C)(C)C. The maximum Gasteiger partial charge on any atom is 0.170 e. The van der Waals surface area contributed by atoms with E-state index in [1.54, 1.807) is 4.68 Å². The fourth-order valence-electron chi connectivity index (χ4n) is 1.98. The quantitative estimate of drug-likeness (QED) is 0.905. The first-order chi connectivity index (χ1) is 8.63. The van der Waals surface area contributed by atoms with Gasteiger partial charge in [-0.3, -0.25) is 4.68 Å². The van der Waals surface area contributed by atoms with Crippen molar-refractivity contribution in [2.45, 2.75) is 33.0 Å². The van der Waals surface area contributed by atoms with Crippen molar-refractivity contribution in [3.63, 3.8) is 0 Å². The monoisotopic (exact) mass is 290 g/mol. The summed E-state index contributed by atoms with van der Waals surface area (Å²) in [4.78, 5) is 2.01. The lowest BCUT2D eigenvalue weighted by atomic mass is 9.75. The molecule has 1 heterocycles. The molecule has 4 nitrogen and oxygen atoms in total. The molecular formula is C13H24ClFN4. The van der Waals surface area contributed by atoms with E-state index in [4.69, 9.17) is 17.3 Å². The molecule has 110 valence electrons. The summed E-state index contributed by atoms with van der Waals surface area (Å²) in [5.41, 5.74) is 3.72. The number of aromatic nitrogens is 2. The van der Waals surface area contributed by atoms with E-state index in [9.17, 15) is 0 Å². The van der Waals surface area contributed by atoms with Crippen LogP contribution in [0.5, 0.6) is 0 Å². The van der Waals surface area contributed by atoms with Crippen molar-refractivity contribution in [3.8, 4) is 0 Å². The van der Waals surface area contributed by atoms with E-state index in [0.717, 1.165) is 6.54 Å². The van der Waals surface area contributed by atoms with E-state index in [-0.39, 0.29) is 6.54 Å². The molecule has 0 fully saturated rings. The Morgan fingerprint density at radius 1 is 1.42 bits per heavy atom. The summed E-state index contributed by atoms with van der Waals surface area (Å²) >= 11 is 6.14. The average molecular weight is 291 g/mol. The third-order valence-electron chi connectivity index (χ3n) is 3.40. The maximum absolute atomic E-state index is 15.4. The van der Waals surface area contributed by atoms with Gasteiger partial charge in [-0.25, -0.2) is 4.39 Å². The Labute approximate surface area is 119 Å². The van der Waals surface area contributed by atoms with Crippen LogP contribution in [0.25, 0.3) is 0 Å². The fourth-order valence-corrected chi connectivity index (χ4v) is 2.27. The standard InChI is InChI=1S/C13H24ClFN4/c1-12(2,3)13(15,9-16)11-10(14)8-17-19(11)7-6-18(4)5/h8H,6-7,9,16H2,1-5H3. The molecule has 0 spiro atoms. The number of hydrogen-bond acceptors (Lipinski definition) is 3. The van der Waals surface area contributed by atoms with Crippen LogP contribution in [0.3, 0.4) is 0 Å². The Hall–Kier alpha value is -0.650. The van der Waals surface area contributed by atoms with Gasteiger partial charge < -0.3 is 10.6 Å². The van der Waals surface area contributed by atoms with E-state index < -0.39 is 11.1 Å². The number of alkyl halides is 1. The van der Waals surface area contributed by atoms with E-state index in [1.807, 2.05) is 39.8 Å². The maximum atomic E-state index is 15.4. The predicted octanol–water partition coefficient (Wildman–Crippen LogP) is 2.27. The van der Waals surface area contributed by atoms with Gasteiger partial charge in [0.05, 0.1) is 23.5 Å². The third kappa shape index (κ3) is 3.27. The topological polar surface area (TPSA) is 47.1 Å². The van der Waals surface area contributed by atoms with Crippen LogP contribution in [-0.4, -0.2) is 41.9 Å². The number of nitrogens with zero attached hydrogens (tertiary/aromatic N) is 3. The van der Waals surface area contributed by atoms with E-state index >= 15 is 4.39 Å². The molecule has 0 aliphatic carbocycles.